The van der Waals surface area contributed by atoms with Gasteiger partial charge < -0.3 is 58.6 Å². The summed E-state index contributed by atoms with van der Waals surface area (Å²) in [5, 5.41) is 46.5. The van der Waals surface area contributed by atoms with Gasteiger partial charge in [-0.05, 0) is 80.8 Å². The van der Waals surface area contributed by atoms with Crippen molar-refractivity contribution in [3.05, 3.63) is 0 Å². The summed E-state index contributed by atoms with van der Waals surface area (Å²) < 4.78 is 37.4. The molecule has 0 aromatic carbocycles. The molecule has 3 saturated heterocycles. The van der Waals surface area contributed by atoms with Gasteiger partial charge in [0.2, 0.25) is 5.91 Å². The van der Waals surface area contributed by atoms with E-state index in [1.165, 1.54) is 18.9 Å². The van der Waals surface area contributed by atoms with Crippen molar-refractivity contribution in [3.8, 4) is 0 Å². The Morgan fingerprint density at radius 3 is 2.18 bits per heavy atom. The summed E-state index contributed by atoms with van der Waals surface area (Å²) in [6.45, 7) is 17.3. The minimum Gasteiger partial charge on any atom is -0.459 e. The Hall–Kier alpha value is -1.46. The van der Waals surface area contributed by atoms with E-state index in [4.69, 9.17) is 28.4 Å². The highest BCUT2D eigenvalue weighted by atomic mass is 16.7. The monoisotopic (exact) mass is 732 g/mol. The average molecular weight is 733 g/mol. The van der Waals surface area contributed by atoms with E-state index < -0.39 is 83.8 Å². The average Bonchev–Trinajstić information content (AvgIpc) is 3.02. The van der Waals surface area contributed by atoms with Crippen LogP contribution in [-0.4, -0.2) is 155 Å². The van der Waals surface area contributed by atoms with Crippen molar-refractivity contribution in [1.82, 2.24) is 9.80 Å². The van der Waals surface area contributed by atoms with Crippen molar-refractivity contribution in [1.29, 1.82) is 0 Å². The number of aliphatic hydroxyl groups is 4. The number of ether oxygens (including phenoxy) is 6. The van der Waals surface area contributed by atoms with Crippen LogP contribution in [0, 0.1) is 17.8 Å². The first kappa shape index (κ1) is 43.9. The number of hydrogen-bond donors (Lipinski definition) is 4. The molecule has 0 aliphatic carbocycles. The number of esters is 1. The first-order valence-corrected chi connectivity index (χ1v) is 18.6. The maximum atomic E-state index is 14.1. The summed E-state index contributed by atoms with van der Waals surface area (Å²) in [5.41, 5.74) is -4.21. The van der Waals surface area contributed by atoms with Gasteiger partial charge in [0, 0.05) is 39.0 Å². The van der Waals surface area contributed by atoms with E-state index in [1.807, 2.05) is 32.8 Å². The lowest BCUT2D eigenvalue weighted by Crippen LogP contribution is -2.61. The fourth-order valence-electron chi connectivity index (χ4n) is 8.36. The molecule has 3 fully saturated rings. The van der Waals surface area contributed by atoms with Crippen molar-refractivity contribution in [3.63, 3.8) is 0 Å². The molecule has 0 aromatic heterocycles. The van der Waals surface area contributed by atoms with Crippen LogP contribution in [0.2, 0.25) is 0 Å². The van der Waals surface area contributed by atoms with Gasteiger partial charge in [0.25, 0.3) is 0 Å². The van der Waals surface area contributed by atoms with E-state index in [9.17, 15) is 30.0 Å². The molecule has 51 heavy (non-hydrogen) atoms. The zero-order valence-corrected chi connectivity index (χ0v) is 33.2. The Kier molecular flexibility index (Phi) is 14.9. The highest BCUT2D eigenvalue weighted by Gasteiger charge is 2.52. The quantitative estimate of drug-likeness (QED) is 0.280. The van der Waals surface area contributed by atoms with Crippen LogP contribution in [0.3, 0.4) is 0 Å². The number of carbonyl (C=O) groups is 2. The Bertz CT molecular complexity index is 1150. The van der Waals surface area contributed by atoms with Crippen LogP contribution < -0.4 is 0 Å². The summed E-state index contributed by atoms with van der Waals surface area (Å²) in [5.74, 6) is -2.95. The molecule has 3 heterocycles. The van der Waals surface area contributed by atoms with Crippen LogP contribution in [0.1, 0.15) is 94.9 Å². The van der Waals surface area contributed by atoms with Gasteiger partial charge in [0.15, 0.2) is 12.6 Å². The van der Waals surface area contributed by atoms with Crippen molar-refractivity contribution in [2.75, 3.05) is 34.3 Å². The summed E-state index contributed by atoms with van der Waals surface area (Å²) in [6.07, 6.45) is -6.87. The predicted molar refractivity (Wildman–Crippen MR) is 188 cm³/mol. The molecule has 14 nitrogen and oxygen atoms in total. The molecule has 3 aliphatic heterocycles. The maximum Gasteiger partial charge on any atom is 0.311 e. The van der Waals surface area contributed by atoms with Gasteiger partial charge in [-0.2, -0.15) is 0 Å². The van der Waals surface area contributed by atoms with Crippen LogP contribution in [0.4, 0.5) is 0 Å². The standard InChI is InChI=1S/C37H68N2O12/c1-14-27-36(9,45)19-39(25(7)40)18-20(2)16-35(8,44)32(51-34-29(41)26(38(11)12)15-21(3)47-34)22(4)30(23(5)33(43)49-27)50-28-17-37(10,46-13)31(42)24(6)48-28/h20-24,26-32,34,41-42,44-45H,14-19H2,1-13H3/t20-,21-,22+,23-,24+,26+,27?,28+,29-,30?,31+,32-,34+,35-,36+,37-/m1/s1. The minimum absolute atomic E-state index is 0.0944. The zero-order chi connectivity index (χ0) is 38.8. The number of methoxy groups -OCH3 is 1. The van der Waals surface area contributed by atoms with Gasteiger partial charge in [0.1, 0.15) is 23.9 Å². The second-order valence-electron chi connectivity index (χ2n) is 16.6. The first-order valence-electron chi connectivity index (χ1n) is 18.6. The van der Waals surface area contributed by atoms with Gasteiger partial charge >= 0.3 is 5.97 Å². The first-order chi connectivity index (χ1) is 23.5. The Balaban J connectivity index is 2.16. The number of hydrogen-bond acceptors (Lipinski definition) is 13. The van der Waals surface area contributed by atoms with Crippen molar-refractivity contribution < 1.29 is 58.4 Å². The molecule has 0 spiro atoms. The lowest BCUT2D eigenvalue weighted by atomic mass is 9.77. The lowest BCUT2D eigenvalue weighted by molar-refractivity contribution is -0.318. The van der Waals surface area contributed by atoms with Gasteiger partial charge in [-0.3, -0.25) is 9.59 Å². The molecular formula is C37H68N2O12. The molecule has 1 amide bonds. The van der Waals surface area contributed by atoms with Crippen LogP contribution in [0.25, 0.3) is 0 Å². The van der Waals surface area contributed by atoms with Crippen LogP contribution >= 0.6 is 0 Å². The number of nitrogens with zero attached hydrogens (tertiary/aromatic N) is 2. The Morgan fingerprint density at radius 1 is 1.00 bits per heavy atom. The van der Waals surface area contributed by atoms with Crippen LogP contribution in [0.5, 0.6) is 0 Å². The smallest absolute Gasteiger partial charge is 0.311 e. The van der Waals surface area contributed by atoms with E-state index in [0.29, 0.717) is 6.42 Å². The highest BCUT2D eigenvalue weighted by molar-refractivity contribution is 5.74. The maximum absolute atomic E-state index is 14.1. The number of rotatable bonds is 7. The number of carbonyl (C=O) groups excluding carboxylic acids is 2. The van der Waals surface area contributed by atoms with Gasteiger partial charge in [-0.1, -0.05) is 20.8 Å². The number of amides is 1. The third kappa shape index (κ3) is 10.4. The highest BCUT2D eigenvalue weighted by Crippen LogP contribution is 2.40. The largest absolute Gasteiger partial charge is 0.459 e. The summed E-state index contributed by atoms with van der Waals surface area (Å²) in [7, 11) is 5.26. The molecule has 0 aromatic rings. The molecule has 16 atom stereocenters. The number of cyclic esters (lactones) is 1. The zero-order valence-electron chi connectivity index (χ0n) is 33.2. The molecule has 3 aliphatic rings. The second kappa shape index (κ2) is 17.3. The van der Waals surface area contributed by atoms with Crippen LogP contribution in [0.15, 0.2) is 0 Å². The molecular weight excluding hydrogens is 664 g/mol. The lowest BCUT2D eigenvalue weighted by Gasteiger charge is -2.49. The molecule has 14 heteroatoms. The van der Waals surface area contributed by atoms with Crippen molar-refractivity contribution in [2.24, 2.45) is 17.8 Å². The topological polar surface area (TPSA) is 177 Å². The van der Waals surface area contributed by atoms with Crippen molar-refractivity contribution in [2.45, 2.75) is 173 Å². The third-order valence-electron chi connectivity index (χ3n) is 11.4. The molecule has 2 unspecified atom stereocenters. The molecule has 298 valence electrons. The predicted octanol–water partition coefficient (Wildman–Crippen LogP) is 2.07. The molecule has 0 bridgehead atoms. The van der Waals surface area contributed by atoms with Crippen molar-refractivity contribution >= 4 is 11.9 Å². The SMILES string of the molecule is CCC1OC(=O)[C@H](C)C(O[C@H]2C[C@@](C)(OC)[C@@H](O)[C@H](C)O2)[C@H](C)[C@@H](O[C@@H]2O[C@H](C)C[C@H](N(C)C)[C@H]2O)[C@](C)(O)C[C@@H](C)CN(C(C)=O)C[C@]1(C)O. The second-order valence-corrected chi connectivity index (χ2v) is 16.6. The van der Waals surface area contributed by atoms with E-state index in [1.54, 1.807) is 48.5 Å². The van der Waals surface area contributed by atoms with Crippen LogP contribution in [-0.2, 0) is 38.0 Å². The molecule has 4 N–H and O–H groups in total. The van der Waals surface area contributed by atoms with E-state index in [2.05, 4.69) is 0 Å². The molecule has 0 saturated carbocycles. The van der Waals surface area contributed by atoms with E-state index >= 15 is 0 Å². The van der Waals surface area contributed by atoms with Gasteiger partial charge in [-0.15, -0.1) is 0 Å². The van der Waals surface area contributed by atoms with E-state index in [0.717, 1.165) is 0 Å². The van der Waals surface area contributed by atoms with Gasteiger partial charge in [-0.25, -0.2) is 0 Å². The van der Waals surface area contributed by atoms with E-state index in [-0.39, 0.29) is 56.3 Å². The number of aliphatic hydroxyl groups excluding tert-OH is 2. The Labute approximate surface area is 305 Å². The van der Waals surface area contributed by atoms with Gasteiger partial charge in [0.05, 0.1) is 48.1 Å². The summed E-state index contributed by atoms with van der Waals surface area (Å²) in [6, 6.07) is -0.282. The fraction of sp³-hybridized carbons (Fsp3) is 0.946. The fourth-order valence-corrected chi connectivity index (χ4v) is 8.36. The summed E-state index contributed by atoms with van der Waals surface area (Å²) >= 11 is 0. The number of β-amino-alcohol motifs (C(OH)–C–C–N with tert-alkyl or cyclic N) is 1. The number of likely N-dealkylation sites (N-methyl/N-ethyl adjacent to an activating group) is 1. The normalized spacial score (nSPS) is 46.7. The third-order valence-corrected chi connectivity index (χ3v) is 11.4. The summed E-state index contributed by atoms with van der Waals surface area (Å²) in [4.78, 5) is 30.4. The molecule has 3 rings (SSSR count). The molecule has 0 radical (unpaired) electrons. The Morgan fingerprint density at radius 2 is 1.63 bits per heavy atom. The minimum atomic E-state index is -1.61.